The van der Waals surface area contributed by atoms with Crippen LogP contribution in [0.5, 0.6) is 0 Å². The Morgan fingerprint density at radius 2 is 1.76 bits per heavy atom. The monoisotopic (exact) mass is 482 g/mol. The van der Waals surface area contributed by atoms with Crippen LogP contribution in [0.15, 0.2) is 30.3 Å². The minimum Gasteiger partial charge on any atom is -0.353 e. The van der Waals surface area contributed by atoms with Gasteiger partial charge < -0.3 is 14.7 Å². The number of hydrogen-bond acceptors (Lipinski definition) is 5. The highest BCUT2D eigenvalue weighted by atomic mass is 32.1. The molecule has 0 spiro atoms. The molecule has 1 saturated heterocycles. The van der Waals surface area contributed by atoms with Gasteiger partial charge in [-0.25, -0.2) is 4.98 Å². The molecule has 0 N–H and O–H groups in total. The predicted octanol–water partition coefficient (Wildman–Crippen LogP) is 5.35. The Kier molecular flexibility index (Phi) is 9.43. The average molecular weight is 483 g/mol. The first kappa shape index (κ1) is 26.6. The van der Waals surface area contributed by atoms with Crippen molar-refractivity contribution < 1.29 is 4.79 Å². The zero-order valence-electron chi connectivity index (χ0n) is 21.8. The van der Waals surface area contributed by atoms with Crippen molar-refractivity contribution in [2.75, 3.05) is 50.7 Å². The van der Waals surface area contributed by atoms with E-state index >= 15 is 0 Å². The molecule has 186 valence electrons. The summed E-state index contributed by atoms with van der Waals surface area (Å²) in [6.07, 6.45) is 3.60. The van der Waals surface area contributed by atoms with Gasteiger partial charge in [0.2, 0.25) is 5.91 Å². The van der Waals surface area contributed by atoms with E-state index < -0.39 is 0 Å². The summed E-state index contributed by atoms with van der Waals surface area (Å²) < 4.78 is 0. The lowest BCUT2D eigenvalue weighted by atomic mass is 9.91. The maximum Gasteiger partial charge on any atom is 0.223 e. The lowest BCUT2D eigenvalue weighted by Crippen LogP contribution is -2.49. The molecule has 0 saturated carbocycles. The van der Waals surface area contributed by atoms with Gasteiger partial charge in [0.25, 0.3) is 0 Å². The Morgan fingerprint density at radius 1 is 1.06 bits per heavy atom. The second-order valence-corrected chi connectivity index (χ2v) is 11.2. The number of rotatable bonds is 10. The Labute approximate surface area is 211 Å². The number of piperazine rings is 1. The Morgan fingerprint density at radius 3 is 2.41 bits per heavy atom. The van der Waals surface area contributed by atoms with Crippen molar-refractivity contribution in [3.63, 3.8) is 0 Å². The van der Waals surface area contributed by atoms with E-state index in [-0.39, 0.29) is 11.3 Å². The van der Waals surface area contributed by atoms with Gasteiger partial charge in [-0.3, -0.25) is 4.79 Å². The highest BCUT2D eigenvalue weighted by Gasteiger charge is 2.25. The van der Waals surface area contributed by atoms with E-state index in [1.54, 1.807) is 0 Å². The molecule has 1 aliphatic rings. The van der Waals surface area contributed by atoms with Gasteiger partial charge in [-0.2, -0.15) is 0 Å². The molecule has 0 atom stereocenters. The fourth-order valence-electron chi connectivity index (χ4n) is 4.56. The lowest BCUT2D eigenvalue weighted by Gasteiger charge is -2.36. The largest absolute Gasteiger partial charge is 0.353 e. The summed E-state index contributed by atoms with van der Waals surface area (Å²) in [4.78, 5) is 25.3. The van der Waals surface area contributed by atoms with Gasteiger partial charge >= 0.3 is 0 Å². The van der Waals surface area contributed by atoms with Crippen molar-refractivity contribution in [3.05, 3.63) is 35.9 Å². The van der Waals surface area contributed by atoms with Gasteiger partial charge in [0.1, 0.15) is 5.82 Å². The van der Waals surface area contributed by atoms with Gasteiger partial charge in [-0.15, -0.1) is 0 Å². The number of hydrogen-bond donors (Lipinski definition) is 0. The van der Waals surface area contributed by atoms with Crippen LogP contribution in [0.2, 0.25) is 0 Å². The smallest absolute Gasteiger partial charge is 0.223 e. The number of carbonyl (C=O) groups excluding carboxylic acids is 1. The molecule has 0 bridgehead atoms. The first-order valence-corrected chi connectivity index (χ1v) is 13.3. The van der Waals surface area contributed by atoms with Crippen LogP contribution in [0.25, 0.3) is 10.9 Å². The molecule has 1 fully saturated rings. The zero-order valence-corrected chi connectivity index (χ0v) is 22.6. The van der Waals surface area contributed by atoms with Crippen LogP contribution in [-0.4, -0.2) is 71.4 Å². The maximum absolute atomic E-state index is 12.5. The van der Waals surface area contributed by atoms with Crippen LogP contribution in [-0.2, 0) is 11.2 Å². The molecular weight excluding hydrogens is 440 g/mol. The summed E-state index contributed by atoms with van der Waals surface area (Å²) in [5, 5.41) is 1.16. The number of benzene rings is 1. The van der Waals surface area contributed by atoms with Gasteiger partial charge in [0, 0.05) is 44.4 Å². The molecule has 5 nitrogen and oxygen atoms in total. The van der Waals surface area contributed by atoms with Crippen molar-refractivity contribution >= 4 is 39.7 Å². The third kappa shape index (κ3) is 7.74. The van der Waals surface area contributed by atoms with Crippen LogP contribution < -0.4 is 4.90 Å². The molecule has 1 aromatic heterocycles. The zero-order chi connectivity index (χ0) is 24.7. The highest BCUT2D eigenvalue weighted by molar-refractivity contribution is 7.80. The number of fused-ring (bicyclic) bond motifs is 1. The molecule has 2 heterocycles. The molecular formula is C28H42N4OS. The van der Waals surface area contributed by atoms with Crippen LogP contribution in [0.4, 0.5) is 5.82 Å². The van der Waals surface area contributed by atoms with Crippen LogP contribution in [0.3, 0.4) is 0 Å². The van der Waals surface area contributed by atoms with E-state index in [2.05, 4.69) is 74.8 Å². The number of aromatic nitrogens is 1. The number of thiocarbonyl (C=S) groups is 1. The average Bonchev–Trinajstić information content (AvgIpc) is 2.80. The lowest BCUT2D eigenvalue weighted by molar-refractivity contribution is -0.133. The fourth-order valence-corrected chi connectivity index (χ4v) is 4.87. The summed E-state index contributed by atoms with van der Waals surface area (Å²) in [5.74, 6) is 1.26. The number of nitrogens with zero attached hydrogens (tertiary/aromatic N) is 4. The summed E-state index contributed by atoms with van der Waals surface area (Å²) in [5.41, 5.74) is 2.31. The highest BCUT2D eigenvalue weighted by Crippen LogP contribution is 2.23. The van der Waals surface area contributed by atoms with E-state index in [4.69, 9.17) is 17.2 Å². The Bertz CT molecular complexity index is 972. The SMILES string of the molecule is CCN(CC)CCCC(=S)Cc1ccc2nc(N3CCN(C(=O)CC(C)(C)C)CC3)ccc2c1. The molecule has 6 heteroatoms. The van der Waals surface area contributed by atoms with Gasteiger partial charge in [0.05, 0.1) is 5.52 Å². The van der Waals surface area contributed by atoms with Crippen LogP contribution >= 0.6 is 12.2 Å². The van der Waals surface area contributed by atoms with Crippen LogP contribution in [0, 0.1) is 5.41 Å². The number of anilines is 1. The van der Waals surface area contributed by atoms with E-state index in [1.807, 2.05) is 4.90 Å². The molecule has 2 aromatic rings. The first-order chi connectivity index (χ1) is 16.2. The molecule has 34 heavy (non-hydrogen) atoms. The van der Waals surface area contributed by atoms with Crippen molar-refractivity contribution in [1.82, 2.24) is 14.8 Å². The van der Waals surface area contributed by atoms with Gasteiger partial charge in [0.15, 0.2) is 0 Å². The van der Waals surface area contributed by atoms with E-state index in [0.717, 1.165) is 86.7 Å². The fraction of sp³-hybridized carbons (Fsp3) is 0.607. The Hall–Kier alpha value is -2.05. The third-order valence-corrected chi connectivity index (χ3v) is 6.95. The van der Waals surface area contributed by atoms with Crippen LogP contribution in [0.1, 0.15) is 59.4 Å². The molecule has 0 radical (unpaired) electrons. The minimum atomic E-state index is 0.0298. The Balaban J connectivity index is 1.54. The molecule has 1 aliphatic heterocycles. The standard InChI is InChI=1S/C28H42N4OS/c1-6-30(7-2)14-8-9-24(34)20-22-10-12-25-23(19-22)11-13-26(29-25)31-15-17-32(18-16-31)27(33)21-28(3,4)5/h10-13,19H,6-9,14-18,20-21H2,1-5H3. The molecule has 1 amide bonds. The summed E-state index contributed by atoms with van der Waals surface area (Å²) >= 11 is 5.68. The molecule has 1 aromatic carbocycles. The van der Waals surface area contributed by atoms with Gasteiger partial charge in [-0.1, -0.05) is 52.9 Å². The topological polar surface area (TPSA) is 39.7 Å². The van der Waals surface area contributed by atoms with Crippen molar-refractivity contribution in [3.8, 4) is 0 Å². The molecule has 0 aliphatic carbocycles. The number of amides is 1. The quantitative estimate of drug-likeness (QED) is 0.427. The van der Waals surface area contributed by atoms with Crippen molar-refractivity contribution in [1.29, 1.82) is 0 Å². The molecule has 0 unspecified atom stereocenters. The van der Waals surface area contributed by atoms with E-state index in [1.165, 1.54) is 5.56 Å². The van der Waals surface area contributed by atoms with Gasteiger partial charge in [-0.05, 0) is 72.6 Å². The second-order valence-electron chi connectivity index (χ2n) is 10.6. The number of carbonyl (C=O) groups is 1. The van der Waals surface area contributed by atoms with Crippen molar-refractivity contribution in [2.45, 2.75) is 60.3 Å². The van der Waals surface area contributed by atoms with E-state index in [0.29, 0.717) is 6.42 Å². The third-order valence-electron chi connectivity index (χ3n) is 6.60. The first-order valence-electron chi connectivity index (χ1n) is 12.8. The van der Waals surface area contributed by atoms with E-state index in [9.17, 15) is 4.79 Å². The second kappa shape index (κ2) is 12.1. The summed E-state index contributed by atoms with van der Waals surface area (Å²) in [7, 11) is 0. The molecule has 3 rings (SSSR count). The minimum absolute atomic E-state index is 0.0298. The normalized spacial score (nSPS) is 14.8. The summed E-state index contributed by atoms with van der Waals surface area (Å²) in [6.45, 7) is 17.3. The predicted molar refractivity (Wildman–Crippen MR) is 148 cm³/mol. The summed E-state index contributed by atoms with van der Waals surface area (Å²) in [6, 6.07) is 10.8. The number of pyridine rings is 1. The maximum atomic E-state index is 12.5. The van der Waals surface area contributed by atoms with Crippen molar-refractivity contribution in [2.24, 2.45) is 5.41 Å².